The van der Waals surface area contributed by atoms with E-state index in [-0.39, 0.29) is 29.7 Å². The summed E-state index contributed by atoms with van der Waals surface area (Å²) in [7, 11) is 2.56. The smallest absolute Gasteiger partial charge is 0.407 e. The van der Waals surface area contributed by atoms with Gasteiger partial charge >= 0.3 is 12.2 Å². The maximum atomic E-state index is 13.5. The minimum atomic E-state index is -0.687. The standard InChI is InChI=1S/C43H53N9O6/c1-25(2)37(50-42(55)57-5)40(53)44-18-8-7-11-36-46-23-34(48-36)30-17-16-29-20-31(22-45-32(29)21-30)27-12-14-28(15-13-27)33-24-47-39(49-33)35-10-9-19-52(35)41(54)38(26(3)4)51-43(56)58-6/h12-17,20-26,35,37-38H,7-11,18-19H2,1-6H3,(H,44,53)(H,46,48)(H,47,49)(H,50,55)(H,51,56)/t35-,37-,38-/m0/s1. The van der Waals surface area contributed by atoms with Crippen LogP contribution in [0.2, 0.25) is 0 Å². The predicted octanol–water partition coefficient (Wildman–Crippen LogP) is 6.55. The summed E-state index contributed by atoms with van der Waals surface area (Å²) in [6.45, 7) is 8.63. The number of imidazole rings is 2. The molecule has 0 radical (unpaired) electrons. The van der Waals surface area contributed by atoms with Crippen LogP contribution < -0.4 is 16.0 Å². The van der Waals surface area contributed by atoms with Crippen molar-refractivity contribution in [3.8, 4) is 33.6 Å². The molecule has 0 saturated carbocycles. The quantitative estimate of drug-likeness (QED) is 0.0731. The molecule has 5 N–H and O–H groups in total. The summed E-state index contributed by atoms with van der Waals surface area (Å²) in [6, 6.07) is 15.0. The summed E-state index contributed by atoms with van der Waals surface area (Å²) in [4.78, 5) is 72.3. The minimum absolute atomic E-state index is 0.0729. The molecule has 3 aromatic heterocycles. The number of rotatable bonds is 15. The number of unbranched alkanes of at least 4 members (excludes halogenated alkanes) is 1. The van der Waals surface area contributed by atoms with Gasteiger partial charge in [-0.05, 0) is 60.8 Å². The molecule has 1 saturated heterocycles. The number of hydrogen-bond donors (Lipinski definition) is 5. The SMILES string of the molecule is COC(=O)N[C@H](C(=O)NCCCCc1ncc(-c2ccc3cc(-c4ccc(-c5cnc([C@@H]6CCCN6C(=O)[C@@H](NC(=O)OC)C(C)C)[nH]5)cc4)cnc3c2)[nH]1)C(C)C. The van der Waals surface area contributed by atoms with Crippen molar-refractivity contribution in [2.75, 3.05) is 27.3 Å². The fraction of sp³-hybridized carbons (Fsp3) is 0.419. The number of hydrogen-bond acceptors (Lipinski definition) is 9. The van der Waals surface area contributed by atoms with Crippen LogP contribution in [0, 0.1) is 11.8 Å². The van der Waals surface area contributed by atoms with Crippen molar-refractivity contribution in [1.82, 2.24) is 45.8 Å². The molecule has 0 unspecified atom stereocenters. The molecule has 2 aromatic carbocycles. The topological polar surface area (TPSA) is 196 Å². The lowest BCUT2D eigenvalue weighted by molar-refractivity contribution is -0.135. The number of benzene rings is 2. The van der Waals surface area contributed by atoms with Crippen LogP contribution in [-0.2, 0) is 25.5 Å². The van der Waals surface area contributed by atoms with Crippen molar-refractivity contribution >= 4 is 34.9 Å². The first-order valence-corrected chi connectivity index (χ1v) is 19.8. The normalized spacial score (nSPS) is 15.0. The Hall–Kier alpha value is -6.25. The number of carbonyl (C=O) groups is 4. The third kappa shape index (κ3) is 9.82. The maximum absolute atomic E-state index is 13.5. The Kier molecular flexibility index (Phi) is 13.4. The van der Waals surface area contributed by atoms with Crippen LogP contribution in [0.5, 0.6) is 0 Å². The van der Waals surface area contributed by atoms with Gasteiger partial charge in [-0.25, -0.2) is 19.6 Å². The van der Waals surface area contributed by atoms with E-state index in [0.717, 1.165) is 88.3 Å². The Labute approximate surface area is 338 Å². The Balaban J connectivity index is 1.04. The molecule has 15 nitrogen and oxygen atoms in total. The van der Waals surface area contributed by atoms with E-state index in [0.29, 0.717) is 13.1 Å². The van der Waals surface area contributed by atoms with E-state index in [2.05, 4.69) is 77.0 Å². The van der Waals surface area contributed by atoms with Gasteiger partial charge in [-0.2, -0.15) is 0 Å². The van der Waals surface area contributed by atoms with Gasteiger partial charge in [-0.1, -0.05) is 64.1 Å². The molecule has 5 aromatic rings. The molecular formula is C43H53N9O6. The highest BCUT2D eigenvalue weighted by molar-refractivity contribution is 5.88. The second-order valence-electron chi connectivity index (χ2n) is 15.3. The number of alkyl carbamates (subject to hydrolysis) is 2. The lowest BCUT2D eigenvalue weighted by Gasteiger charge is -2.30. The zero-order chi connectivity index (χ0) is 41.3. The van der Waals surface area contributed by atoms with E-state index in [1.807, 2.05) is 57.1 Å². The second kappa shape index (κ2) is 18.8. The number of carbonyl (C=O) groups excluding carboxylic acids is 4. The number of ether oxygens (including phenoxy) is 2. The summed E-state index contributed by atoms with van der Waals surface area (Å²) in [5, 5.41) is 9.20. The van der Waals surface area contributed by atoms with Crippen LogP contribution in [0.4, 0.5) is 9.59 Å². The molecular weight excluding hydrogens is 739 g/mol. The molecule has 15 heteroatoms. The van der Waals surface area contributed by atoms with E-state index >= 15 is 0 Å². The van der Waals surface area contributed by atoms with Gasteiger partial charge in [0.1, 0.15) is 23.7 Å². The van der Waals surface area contributed by atoms with Crippen LogP contribution >= 0.6 is 0 Å². The zero-order valence-electron chi connectivity index (χ0n) is 33.9. The number of nitrogens with zero attached hydrogens (tertiary/aromatic N) is 4. The third-order valence-electron chi connectivity index (χ3n) is 10.5. The number of aryl methyl sites for hydroxylation is 1. The van der Waals surface area contributed by atoms with Crippen molar-refractivity contribution in [2.24, 2.45) is 11.8 Å². The Morgan fingerprint density at radius 1 is 0.759 bits per heavy atom. The summed E-state index contributed by atoms with van der Waals surface area (Å²) < 4.78 is 9.39. The first kappa shape index (κ1) is 41.4. The number of H-pyrrole nitrogens is 2. The summed E-state index contributed by atoms with van der Waals surface area (Å²) in [5.41, 5.74) is 6.62. The van der Waals surface area contributed by atoms with Crippen LogP contribution in [-0.4, -0.2) is 93.2 Å². The molecule has 306 valence electrons. The molecule has 58 heavy (non-hydrogen) atoms. The largest absolute Gasteiger partial charge is 0.453 e. The lowest BCUT2D eigenvalue weighted by atomic mass is 10.0. The summed E-state index contributed by atoms with van der Waals surface area (Å²) in [5.74, 6) is 1.04. The van der Waals surface area contributed by atoms with Crippen LogP contribution in [0.25, 0.3) is 44.5 Å². The van der Waals surface area contributed by atoms with Crippen LogP contribution in [0.1, 0.15) is 71.1 Å². The minimum Gasteiger partial charge on any atom is -0.453 e. The lowest BCUT2D eigenvalue weighted by Crippen LogP contribution is -2.51. The number of aromatic nitrogens is 5. The van der Waals surface area contributed by atoms with Crippen LogP contribution in [0.15, 0.2) is 67.1 Å². The third-order valence-corrected chi connectivity index (χ3v) is 10.5. The van der Waals surface area contributed by atoms with Crippen molar-refractivity contribution in [2.45, 2.75) is 77.9 Å². The van der Waals surface area contributed by atoms with Crippen molar-refractivity contribution in [3.05, 3.63) is 78.8 Å². The molecule has 0 aliphatic carbocycles. The number of methoxy groups -OCH3 is 2. The number of likely N-dealkylation sites (tertiary alicyclic amines) is 1. The van der Waals surface area contributed by atoms with Gasteiger partial charge in [0.25, 0.3) is 0 Å². The van der Waals surface area contributed by atoms with Gasteiger partial charge < -0.3 is 40.3 Å². The monoisotopic (exact) mass is 791 g/mol. The molecule has 4 heterocycles. The molecule has 0 bridgehead atoms. The Morgan fingerprint density at radius 3 is 2.12 bits per heavy atom. The van der Waals surface area contributed by atoms with E-state index in [4.69, 9.17) is 9.72 Å². The average molecular weight is 792 g/mol. The molecule has 1 aliphatic heterocycles. The Bertz CT molecular complexity index is 2210. The maximum Gasteiger partial charge on any atom is 0.407 e. The fourth-order valence-corrected chi connectivity index (χ4v) is 7.23. The number of fused-ring (bicyclic) bond motifs is 1. The number of amides is 4. The summed E-state index contributed by atoms with van der Waals surface area (Å²) >= 11 is 0. The first-order valence-electron chi connectivity index (χ1n) is 19.8. The molecule has 1 aliphatic rings. The zero-order valence-corrected chi connectivity index (χ0v) is 33.9. The molecule has 6 rings (SSSR count). The van der Waals surface area contributed by atoms with E-state index < -0.39 is 24.3 Å². The highest BCUT2D eigenvalue weighted by atomic mass is 16.5. The van der Waals surface area contributed by atoms with Crippen molar-refractivity contribution in [1.29, 1.82) is 0 Å². The van der Waals surface area contributed by atoms with Gasteiger partial charge in [-0.15, -0.1) is 0 Å². The van der Waals surface area contributed by atoms with E-state index in [1.54, 1.807) is 6.20 Å². The van der Waals surface area contributed by atoms with E-state index in [1.165, 1.54) is 14.2 Å². The Morgan fingerprint density at radius 2 is 1.41 bits per heavy atom. The van der Waals surface area contributed by atoms with Gasteiger partial charge in [0.15, 0.2) is 0 Å². The molecule has 3 atom stereocenters. The fourth-order valence-electron chi connectivity index (χ4n) is 7.23. The highest BCUT2D eigenvalue weighted by Gasteiger charge is 2.37. The predicted molar refractivity (Wildman–Crippen MR) is 220 cm³/mol. The second-order valence-corrected chi connectivity index (χ2v) is 15.3. The van der Waals surface area contributed by atoms with Crippen molar-refractivity contribution < 1.29 is 28.7 Å². The summed E-state index contributed by atoms with van der Waals surface area (Å²) in [6.07, 6.45) is 8.22. The van der Waals surface area contributed by atoms with Crippen molar-refractivity contribution in [3.63, 3.8) is 0 Å². The highest BCUT2D eigenvalue weighted by Crippen LogP contribution is 2.33. The molecule has 4 amide bonds. The number of nitrogens with one attached hydrogen (secondary N) is 5. The van der Waals surface area contributed by atoms with Gasteiger partial charge in [-0.3, -0.25) is 14.6 Å². The molecule has 1 fully saturated rings. The van der Waals surface area contributed by atoms with Gasteiger partial charge in [0, 0.05) is 42.2 Å². The van der Waals surface area contributed by atoms with Gasteiger partial charge in [0.2, 0.25) is 11.8 Å². The molecule has 0 spiro atoms. The number of aromatic amines is 2. The van der Waals surface area contributed by atoms with E-state index in [9.17, 15) is 19.2 Å². The van der Waals surface area contributed by atoms with Crippen LogP contribution in [0.3, 0.4) is 0 Å². The average Bonchev–Trinajstić information content (AvgIpc) is 4.03. The van der Waals surface area contributed by atoms with Gasteiger partial charge in [0.05, 0.1) is 49.6 Å². The first-order chi connectivity index (χ1) is 27.9. The number of pyridine rings is 1.